The van der Waals surface area contributed by atoms with Gasteiger partial charge < -0.3 is 8.83 Å². The van der Waals surface area contributed by atoms with Crippen LogP contribution in [-0.4, -0.2) is 20.4 Å². The third kappa shape index (κ3) is 9.59. The van der Waals surface area contributed by atoms with Crippen molar-refractivity contribution in [1.29, 1.82) is 0 Å². The lowest BCUT2D eigenvalue weighted by molar-refractivity contribution is 0.401. The molecule has 2 aromatic heterocycles. The first-order chi connectivity index (χ1) is 32.3. The number of hydrogen-bond acceptors (Lipinski definition) is 6. The van der Waals surface area contributed by atoms with Gasteiger partial charge in [-0.2, -0.15) is 0 Å². The van der Waals surface area contributed by atoms with E-state index in [1.54, 1.807) is 0 Å². The minimum atomic E-state index is -0.0749. The van der Waals surface area contributed by atoms with Gasteiger partial charge in [-0.1, -0.05) is 180 Å². The largest absolute Gasteiger partial charge is 0.416 e. The van der Waals surface area contributed by atoms with E-state index in [-0.39, 0.29) is 16.2 Å². The maximum absolute atomic E-state index is 6.22. The van der Waals surface area contributed by atoms with Gasteiger partial charge in [0.05, 0.1) is 0 Å². The number of hydrogen-bond donors (Lipinski definition) is 0. The molecule has 0 saturated carbocycles. The first kappa shape index (κ1) is 45.7. The van der Waals surface area contributed by atoms with E-state index in [2.05, 4.69) is 209 Å². The zero-order valence-corrected chi connectivity index (χ0v) is 40.9. The topological polar surface area (TPSA) is 77.8 Å². The summed E-state index contributed by atoms with van der Waals surface area (Å²) < 4.78 is 12.4. The first-order valence-electron chi connectivity index (χ1n) is 24.7. The van der Waals surface area contributed by atoms with Crippen LogP contribution in [0.2, 0.25) is 0 Å². The van der Waals surface area contributed by atoms with Crippen LogP contribution in [0.4, 0.5) is 0 Å². The summed E-state index contributed by atoms with van der Waals surface area (Å²) in [5.41, 5.74) is 16.8. The summed E-state index contributed by atoms with van der Waals surface area (Å²) in [6.45, 7) is 17.9. The molecule has 8 aromatic rings. The van der Waals surface area contributed by atoms with Gasteiger partial charge in [0.15, 0.2) is 0 Å². The lowest BCUT2D eigenvalue weighted by Crippen LogP contribution is -2.25. The molecule has 0 saturated heterocycles. The third-order valence-electron chi connectivity index (χ3n) is 14.1. The SMILES string of the molecule is CCCCCCC1(CCCCCC)c2cc(-c3ccc(-c4nnc(-c5ccc(C(C)(C)C)cc5)o4)cc3)ccc2-c2ccc(-c3ccc(-c4nnc(-c5ccc(C(C)(C)C)cc5)o4)cc3)cc21. The van der Waals surface area contributed by atoms with Gasteiger partial charge in [-0.3, -0.25) is 0 Å². The predicted molar refractivity (Wildman–Crippen MR) is 276 cm³/mol. The molecule has 6 nitrogen and oxygen atoms in total. The second-order valence-corrected chi connectivity index (χ2v) is 20.9. The molecule has 1 aliphatic rings. The second-order valence-electron chi connectivity index (χ2n) is 20.9. The van der Waals surface area contributed by atoms with E-state index in [0.717, 1.165) is 35.1 Å². The molecular formula is C61H66N4O2. The van der Waals surface area contributed by atoms with E-state index in [0.29, 0.717) is 23.6 Å². The fourth-order valence-corrected chi connectivity index (χ4v) is 9.97. The van der Waals surface area contributed by atoms with E-state index >= 15 is 0 Å². The van der Waals surface area contributed by atoms with Gasteiger partial charge in [0.1, 0.15) is 0 Å². The number of unbranched alkanes of at least 4 members (excludes halogenated alkanes) is 6. The Bertz CT molecular complexity index is 2720. The van der Waals surface area contributed by atoms with Crippen molar-refractivity contribution in [1.82, 2.24) is 20.4 Å². The normalized spacial score (nSPS) is 13.2. The van der Waals surface area contributed by atoms with Crippen molar-refractivity contribution in [3.05, 3.63) is 156 Å². The molecular weight excluding hydrogens is 821 g/mol. The van der Waals surface area contributed by atoms with E-state index < -0.39 is 0 Å². The van der Waals surface area contributed by atoms with Crippen LogP contribution in [0.5, 0.6) is 0 Å². The molecule has 0 aliphatic heterocycles. The van der Waals surface area contributed by atoms with Crippen LogP contribution in [-0.2, 0) is 16.2 Å². The summed E-state index contributed by atoms with van der Waals surface area (Å²) in [7, 11) is 0. The highest BCUT2D eigenvalue weighted by molar-refractivity contribution is 5.86. The van der Waals surface area contributed by atoms with E-state index in [4.69, 9.17) is 8.83 Å². The molecule has 0 amide bonds. The van der Waals surface area contributed by atoms with Gasteiger partial charge in [-0.15, -0.1) is 20.4 Å². The minimum absolute atomic E-state index is 0.0749. The molecule has 342 valence electrons. The van der Waals surface area contributed by atoms with Crippen molar-refractivity contribution in [2.24, 2.45) is 0 Å². The minimum Gasteiger partial charge on any atom is -0.416 e. The Morgan fingerprint density at radius 1 is 0.358 bits per heavy atom. The number of rotatable bonds is 16. The van der Waals surface area contributed by atoms with Crippen molar-refractivity contribution in [3.63, 3.8) is 0 Å². The van der Waals surface area contributed by atoms with Crippen LogP contribution in [0.1, 0.15) is 142 Å². The quantitative estimate of drug-likeness (QED) is 0.0900. The number of benzene rings is 6. The summed E-state index contributed by atoms with van der Waals surface area (Å²) >= 11 is 0. The highest BCUT2D eigenvalue weighted by Crippen LogP contribution is 2.56. The molecule has 2 heterocycles. The molecule has 67 heavy (non-hydrogen) atoms. The number of aromatic nitrogens is 4. The Hall–Kier alpha value is -6.40. The molecule has 0 spiro atoms. The van der Waals surface area contributed by atoms with Gasteiger partial charge in [-0.05, 0) is 140 Å². The molecule has 9 rings (SSSR count). The summed E-state index contributed by atoms with van der Waals surface area (Å²) in [5, 5.41) is 17.7. The second kappa shape index (κ2) is 19.1. The van der Waals surface area contributed by atoms with Gasteiger partial charge in [0, 0.05) is 27.7 Å². The summed E-state index contributed by atoms with van der Waals surface area (Å²) in [5.74, 6) is 2.11. The molecule has 0 fully saturated rings. The van der Waals surface area contributed by atoms with Crippen molar-refractivity contribution in [3.8, 4) is 79.2 Å². The first-order valence-corrected chi connectivity index (χ1v) is 24.7. The molecule has 6 aromatic carbocycles. The van der Waals surface area contributed by atoms with Crippen LogP contribution in [0.3, 0.4) is 0 Å². The Balaban J connectivity index is 1.01. The Kier molecular flexibility index (Phi) is 13.0. The van der Waals surface area contributed by atoms with Crippen molar-refractivity contribution in [2.45, 2.75) is 136 Å². The predicted octanol–water partition coefficient (Wildman–Crippen LogP) is 17.3. The lowest BCUT2D eigenvalue weighted by Gasteiger charge is -2.33. The van der Waals surface area contributed by atoms with Crippen LogP contribution in [0.15, 0.2) is 142 Å². The van der Waals surface area contributed by atoms with Crippen LogP contribution in [0.25, 0.3) is 79.2 Å². The highest BCUT2D eigenvalue weighted by atomic mass is 16.4. The van der Waals surface area contributed by atoms with Crippen LogP contribution < -0.4 is 0 Å². The van der Waals surface area contributed by atoms with Gasteiger partial charge in [0.2, 0.25) is 23.6 Å². The zero-order chi connectivity index (χ0) is 46.8. The van der Waals surface area contributed by atoms with Crippen molar-refractivity contribution < 1.29 is 8.83 Å². The summed E-state index contributed by atoms with van der Waals surface area (Å²) in [4.78, 5) is 0. The van der Waals surface area contributed by atoms with E-state index in [1.807, 2.05) is 0 Å². The number of fused-ring (bicyclic) bond motifs is 3. The van der Waals surface area contributed by atoms with Gasteiger partial charge in [0.25, 0.3) is 0 Å². The molecule has 0 atom stereocenters. The van der Waals surface area contributed by atoms with Gasteiger partial charge in [-0.25, -0.2) is 0 Å². The Morgan fingerprint density at radius 2 is 0.657 bits per heavy atom. The molecule has 0 radical (unpaired) electrons. The number of nitrogens with zero attached hydrogens (tertiary/aromatic N) is 4. The Labute approximate surface area is 398 Å². The highest BCUT2D eigenvalue weighted by Gasteiger charge is 2.42. The average molecular weight is 887 g/mol. The molecule has 0 bridgehead atoms. The zero-order valence-electron chi connectivity index (χ0n) is 40.9. The van der Waals surface area contributed by atoms with Crippen molar-refractivity contribution >= 4 is 0 Å². The Morgan fingerprint density at radius 3 is 0.970 bits per heavy atom. The maximum atomic E-state index is 6.22. The fraction of sp³-hybridized carbons (Fsp3) is 0.344. The molecule has 0 N–H and O–H groups in total. The summed E-state index contributed by atoms with van der Waals surface area (Å²) in [6, 6.07) is 48.5. The average Bonchev–Trinajstić information content (AvgIpc) is 4.10. The van der Waals surface area contributed by atoms with E-state index in [1.165, 1.54) is 107 Å². The lowest BCUT2D eigenvalue weighted by atomic mass is 9.70. The van der Waals surface area contributed by atoms with Crippen LogP contribution >= 0.6 is 0 Å². The molecule has 6 heteroatoms. The van der Waals surface area contributed by atoms with Crippen molar-refractivity contribution in [2.75, 3.05) is 0 Å². The van der Waals surface area contributed by atoms with Gasteiger partial charge >= 0.3 is 0 Å². The summed E-state index contributed by atoms with van der Waals surface area (Å²) in [6.07, 6.45) is 12.2. The maximum Gasteiger partial charge on any atom is 0.248 e. The smallest absolute Gasteiger partial charge is 0.248 e. The molecule has 1 aliphatic carbocycles. The van der Waals surface area contributed by atoms with E-state index in [9.17, 15) is 0 Å². The standard InChI is InChI=1S/C61H66N4O2/c1-9-11-13-15-37-61(38-16-14-12-10-2)53-39-47(41-17-21-43(22-18-41)55-62-64-57(66-55)45-25-31-49(32-26-45)59(3,4)5)29-35-51(53)52-36-30-48(40-54(52)61)42-19-23-44(24-20-42)56-63-65-58(67-56)46-27-33-50(34-28-46)60(6,7)8/h17-36,39-40H,9-16,37-38H2,1-8H3. The third-order valence-corrected chi connectivity index (χ3v) is 14.1. The molecule has 0 unspecified atom stereocenters. The monoisotopic (exact) mass is 887 g/mol. The van der Waals surface area contributed by atoms with Crippen LogP contribution in [0, 0.1) is 0 Å². The fourth-order valence-electron chi connectivity index (χ4n) is 9.97.